The molecule has 0 amide bonds. The van der Waals surface area contributed by atoms with Crippen LogP contribution in [-0.4, -0.2) is 6.10 Å². The van der Waals surface area contributed by atoms with Gasteiger partial charge < -0.3 is 4.74 Å². The topological polar surface area (TPSA) is 9.23 Å². The first-order chi connectivity index (χ1) is 9.25. The van der Waals surface area contributed by atoms with Crippen molar-refractivity contribution in [2.24, 2.45) is 0 Å². The van der Waals surface area contributed by atoms with Gasteiger partial charge in [-0.25, -0.2) is 0 Å². The predicted octanol–water partition coefficient (Wildman–Crippen LogP) is 4.56. The van der Waals surface area contributed by atoms with E-state index in [0.717, 1.165) is 11.3 Å². The second kappa shape index (κ2) is 4.77. The first-order valence-electron chi connectivity index (χ1n) is 6.44. The number of hydrogen-bond donors (Lipinski definition) is 0. The number of rotatable bonds is 2. The molecule has 0 spiro atoms. The summed E-state index contributed by atoms with van der Waals surface area (Å²) in [6, 6.07) is 18.5. The van der Waals surface area contributed by atoms with Crippen LogP contribution in [0.2, 0.25) is 0 Å². The minimum Gasteiger partial charge on any atom is -0.481 e. The summed E-state index contributed by atoms with van der Waals surface area (Å²) in [6.07, 6.45) is 2.14. The molecule has 0 aromatic heterocycles. The molecule has 19 heavy (non-hydrogen) atoms. The van der Waals surface area contributed by atoms with Gasteiger partial charge in [0.2, 0.25) is 0 Å². The quantitative estimate of drug-likeness (QED) is 0.708. The molecule has 2 aromatic rings. The summed E-state index contributed by atoms with van der Waals surface area (Å²) < 4.78 is 5.99. The summed E-state index contributed by atoms with van der Waals surface area (Å²) in [7, 11) is 0. The number of ether oxygens (including phenoxy) is 1. The van der Waals surface area contributed by atoms with E-state index in [1.807, 2.05) is 43.3 Å². The van der Waals surface area contributed by atoms with Crippen LogP contribution in [0.25, 0.3) is 11.6 Å². The van der Waals surface area contributed by atoms with Crippen LogP contribution in [0.1, 0.15) is 18.1 Å². The Morgan fingerprint density at radius 2 is 1.74 bits per heavy atom. The van der Waals surface area contributed by atoms with E-state index in [-0.39, 0.29) is 6.10 Å². The van der Waals surface area contributed by atoms with Gasteiger partial charge in [0.25, 0.3) is 0 Å². The van der Waals surface area contributed by atoms with Crippen molar-refractivity contribution >= 4 is 11.6 Å². The molecule has 1 heteroatoms. The smallest absolute Gasteiger partial charge is 0.145 e. The van der Waals surface area contributed by atoms with E-state index in [1.54, 1.807) is 0 Å². The molecule has 0 fully saturated rings. The lowest BCUT2D eigenvalue weighted by atomic mass is 9.96. The maximum atomic E-state index is 5.99. The largest absolute Gasteiger partial charge is 0.481 e. The molecule has 0 aliphatic carbocycles. The van der Waals surface area contributed by atoms with E-state index < -0.39 is 0 Å². The molecule has 0 bridgehead atoms. The minimum atomic E-state index is -0.0439. The van der Waals surface area contributed by atoms with Crippen molar-refractivity contribution in [1.29, 1.82) is 0 Å². The summed E-state index contributed by atoms with van der Waals surface area (Å²) in [4.78, 5) is 0. The molecule has 1 nitrogen and oxygen atoms in total. The molecule has 1 aliphatic rings. The van der Waals surface area contributed by atoms with Crippen molar-refractivity contribution in [3.8, 4) is 5.75 Å². The Morgan fingerprint density at radius 3 is 2.47 bits per heavy atom. The van der Waals surface area contributed by atoms with Gasteiger partial charge in [0.1, 0.15) is 11.9 Å². The first kappa shape index (κ1) is 11.8. The van der Waals surface area contributed by atoms with Gasteiger partial charge >= 0.3 is 0 Å². The lowest BCUT2D eigenvalue weighted by Gasteiger charge is -2.12. The second-order valence-corrected chi connectivity index (χ2v) is 4.85. The van der Waals surface area contributed by atoms with Crippen LogP contribution in [-0.2, 0) is 0 Å². The monoisotopic (exact) mass is 248 g/mol. The molecule has 0 unspecified atom stereocenters. The maximum Gasteiger partial charge on any atom is 0.145 e. The van der Waals surface area contributed by atoms with Gasteiger partial charge in [-0.2, -0.15) is 0 Å². The number of fused-ring (bicyclic) bond motifs is 1. The molecule has 0 radical (unpaired) electrons. The van der Waals surface area contributed by atoms with Crippen molar-refractivity contribution in [2.45, 2.75) is 13.0 Å². The Hall–Kier alpha value is -2.28. The molecule has 0 N–H and O–H groups in total. The fraction of sp³-hybridized carbons (Fsp3) is 0.111. The Kier molecular flexibility index (Phi) is 2.96. The minimum absolute atomic E-state index is 0.0439. The number of benzene rings is 2. The fourth-order valence-electron chi connectivity index (χ4n) is 2.39. The highest BCUT2D eigenvalue weighted by atomic mass is 16.5. The normalized spacial score (nSPS) is 19.0. The molecular formula is C18H16O. The van der Waals surface area contributed by atoms with Gasteiger partial charge in [-0.1, -0.05) is 55.1 Å². The number of para-hydroxylation sites is 1. The zero-order valence-corrected chi connectivity index (χ0v) is 11.0. The highest BCUT2D eigenvalue weighted by molar-refractivity contribution is 5.90. The van der Waals surface area contributed by atoms with Crippen molar-refractivity contribution in [1.82, 2.24) is 0 Å². The Balaban J connectivity index is 2.10. The molecule has 0 saturated heterocycles. The predicted molar refractivity (Wildman–Crippen MR) is 80.0 cm³/mol. The summed E-state index contributed by atoms with van der Waals surface area (Å²) in [5.41, 5.74) is 4.57. The van der Waals surface area contributed by atoms with Gasteiger partial charge in [0, 0.05) is 11.1 Å². The van der Waals surface area contributed by atoms with Crippen LogP contribution in [0, 0.1) is 0 Å². The Labute approximate surface area is 113 Å². The standard InChI is InChI=1S/C18H16O/c1-13(2)18-16(12-14-8-4-3-5-9-14)15-10-6-7-11-17(15)19-18/h3-12,18H,1H2,2H3/b16-12+/t18-/m0/s1. The van der Waals surface area contributed by atoms with E-state index in [1.165, 1.54) is 16.7 Å². The van der Waals surface area contributed by atoms with Crippen LogP contribution >= 0.6 is 0 Å². The van der Waals surface area contributed by atoms with Crippen LogP contribution in [0.15, 0.2) is 66.7 Å². The van der Waals surface area contributed by atoms with Crippen molar-refractivity contribution in [3.05, 3.63) is 77.9 Å². The van der Waals surface area contributed by atoms with Gasteiger partial charge in [0.05, 0.1) is 0 Å². The van der Waals surface area contributed by atoms with Gasteiger partial charge in [-0.05, 0) is 30.2 Å². The van der Waals surface area contributed by atoms with E-state index in [2.05, 4.69) is 30.9 Å². The number of hydrogen-bond acceptors (Lipinski definition) is 1. The second-order valence-electron chi connectivity index (χ2n) is 4.85. The third-order valence-electron chi connectivity index (χ3n) is 3.29. The molecule has 1 heterocycles. The van der Waals surface area contributed by atoms with Crippen molar-refractivity contribution in [3.63, 3.8) is 0 Å². The molecule has 94 valence electrons. The van der Waals surface area contributed by atoms with Gasteiger partial charge in [-0.3, -0.25) is 0 Å². The average molecular weight is 248 g/mol. The maximum absolute atomic E-state index is 5.99. The zero-order chi connectivity index (χ0) is 13.2. The van der Waals surface area contributed by atoms with Crippen LogP contribution in [0.3, 0.4) is 0 Å². The van der Waals surface area contributed by atoms with Crippen LogP contribution < -0.4 is 4.74 Å². The molecule has 1 atom stereocenters. The zero-order valence-electron chi connectivity index (χ0n) is 11.0. The molecular weight excluding hydrogens is 232 g/mol. The van der Waals surface area contributed by atoms with E-state index in [9.17, 15) is 0 Å². The van der Waals surface area contributed by atoms with E-state index in [0.29, 0.717) is 0 Å². The summed E-state index contributed by atoms with van der Waals surface area (Å²) in [5.74, 6) is 0.942. The lowest BCUT2D eigenvalue weighted by Crippen LogP contribution is -2.12. The van der Waals surface area contributed by atoms with Gasteiger partial charge in [0.15, 0.2) is 0 Å². The highest BCUT2D eigenvalue weighted by Crippen LogP contribution is 2.40. The highest BCUT2D eigenvalue weighted by Gasteiger charge is 2.28. The average Bonchev–Trinajstić information content (AvgIpc) is 2.79. The van der Waals surface area contributed by atoms with Crippen molar-refractivity contribution < 1.29 is 4.74 Å². The Morgan fingerprint density at radius 1 is 1.05 bits per heavy atom. The molecule has 3 rings (SSSR count). The van der Waals surface area contributed by atoms with Crippen LogP contribution in [0.5, 0.6) is 5.75 Å². The first-order valence-corrected chi connectivity index (χ1v) is 6.44. The lowest BCUT2D eigenvalue weighted by molar-refractivity contribution is 0.312. The van der Waals surface area contributed by atoms with E-state index in [4.69, 9.17) is 4.74 Å². The summed E-state index contributed by atoms with van der Waals surface area (Å²) in [5, 5.41) is 0. The third kappa shape index (κ3) is 2.19. The molecule has 2 aromatic carbocycles. The molecule has 1 aliphatic heterocycles. The van der Waals surface area contributed by atoms with Crippen LogP contribution in [0.4, 0.5) is 0 Å². The Bertz CT molecular complexity index is 638. The molecule has 0 saturated carbocycles. The van der Waals surface area contributed by atoms with Gasteiger partial charge in [-0.15, -0.1) is 0 Å². The summed E-state index contributed by atoms with van der Waals surface area (Å²) >= 11 is 0. The summed E-state index contributed by atoms with van der Waals surface area (Å²) in [6.45, 7) is 6.06. The third-order valence-corrected chi connectivity index (χ3v) is 3.29. The fourth-order valence-corrected chi connectivity index (χ4v) is 2.39. The van der Waals surface area contributed by atoms with E-state index >= 15 is 0 Å². The SMILES string of the molecule is C=C(C)[C@@H]1Oc2ccccc2/C1=C\c1ccccc1. The van der Waals surface area contributed by atoms with Crippen molar-refractivity contribution in [2.75, 3.05) is 0 Å².